The Morgan fingerprint density at radius 2 is 2.00 bits per heavy atom. The van der Waals surface area contributed by atoms with E-state index in [0.29, 0.717) is 11.8 Å². The molecular weight excluding hydrogens is 198 g/mol. The van der Waals surface area contributed by atoms with Crippen molar-refractivity contribution in [3.05, 3.63) is 0 Å². The Labute approximate surface area is 100 Å². The number of carbonyl (C=O) groups is 1. The third-order valence-electron chi connectivity index (χ3n) is 4.22. The van der Waals surface area contributed by atoms with E-state index < -0.39 is 0 Å². The quantitative estimate of drug-likeness (QED) is 0.716. The number of rotatable bonds is 5. The second-order valence-electron chi connectivity index (χ2n) is 5.64. The van der Waals surface area contributed by atoms with Crippen molar-refractivity contribution in [1.29, 1.82) is 0 Å². The molecular formula is C14H27NO. The topological polar surface area (TPSA) is 20.3 Å². The van der Waals surface area contributed by atoms with Gasteiger partial charge in [-0.05, 0) is 32.4 Å². The molecule has 16 heavy (non-hydrogen) atoms. The molecule has 0 spiro atoms. The van der Waals surface area contributed by atoms with E-state index in [4.69, 9.17) is 0 Å². The van der Waals surface area contributed by atoms with Crippen molar-refractivity contribution in [2.45, 2.75) is 65.8 Å². The van der Waals surface area contributed by atoms with Gasteiger partial charge in [0.25, 0.3) is 0 Å². The fraction of sp³-hybridized carbons (Fsp3) is 0.929. The molecule has 0 aliphatic carbocycles. The van der Waals surface area contributed by atoms with Crippen LogP contribution in [0.5, 0.6) is 0 Å². The summed E-state index contributed by atoms with van der Waals surface area (Å²) in [6.07, 6.45) is 5.51. The lowest BCUT2D eigenvalue weighted by molar-refractivity contribution is -0.128. The van der Waals surface area contributed by atoms with Crippen LogP contribution in [0.1, 0.15) is 59.8 Å². The molecule has 0 amide bonds. The van der Waals surface area contributed by atoms with Crippen LogP contribution in [0.25, 0.3) is 0 Å². The lowest BCUT2D eigenvalue weighted by atomic mass is 9.81. The van der Waals surface area contributed by atoms with Crippen LogP contribution in [0.2, 0.25) is 0 Å². The molecule has 2 heteroatoms. The van der Waals surface area contributed by atoms with E-state index in [1.807, 2.05) is 0 Å². The van der Waals surface area contributed by atoms with Gasteiger partial charge in [-0.25, -0.2) is 0 Å². The van der Waals surface area contributed by atoms with Gasteiger partial charge in [0, 0.05) is 17.9 Å². The summed E-state index contributed by atoms with van der Waals surface area (Å²) in [4.78, 5) is 14.7. The third-order valence-corrected chi connectivity index (χ3v) is 4.22. The lowest BCUT2D eigenvalue weighted by Crippen LogP contribution is -2.42. The highest BCUT2D eigenvalue weighted by atomic mass is 16.1. The number of likely N-dealkylation sites (tertiary alicyclic amines) is 1. The van der Waals surface area contributed by atoms with Crippen molar-refractivity contribution < 1.29 is 4.79 Å². The summed E-state index contributed by atoms with van der Waals surface area (Å²) in [6.45, 7) is 10.7. The first-order valence-corrected chi connectivity index (χ1v) is 6.78. The van der Waals surface area contributed by atoms with Gasteiger partial charge in [0.1, 0.15) is 5.78 Å². The van der Waals surface area contributed by atoms with Crippen molar-refractivity contribution >= 4 is 5.78 Å². The molecule has 2 nitrogen and oxygen atoms in total. The Hall–Kier alpha value is -0.370. The van der Waals surface area contributed by atoms with Crippen molar-refractivity contribution in [1.82, 2.24) is 4.90 Å². The number of Topliss-reactive ketones (excluding diaryl/α,β-unsaturated/α-hetero) is 1. The van der Waals surface area contributed by atoms with Gasteiger partial charge in [-0.3, -0.25) is 4.79 Å². The van der Waals surface area contributed by atoms with Crippen molar-refractivity contribution in [3.8, 4) is 0 Å². The van der Waals surface area contributed by atoms with Crippen LogP contribution in [-0.2, 0) is 4.79 Å². The van der Waals surface area contributed by atoms with Crippen LogP contribution < -0.4 is 0 Å². The maximum absolute atomic E-state index is 12.2. The van der Waals surface area contributed by atoms with Crippen LogP contribution in [-0.4, -0.2) is 29.8 Å². The average molecular weight is 225 g/mol. The molecule has 1 aliphatic rings. The fourth-order valence-electron chi connectivity index (χ4n) is 2.39. The maximum Gasteiger partial charge on any atom is 0.140 e. The van der Waals surface area contributed by atoms with E-state index in [9.17, 15) is 4.79 Å². The standard InChI is InChI=1S/C14H27NO/c1-5-14(3,4)13(16)11-12-9-7-8-10-15(12)6-2/h12H,5-11H2,1-4H3. The minimum Gasteiger partial charge on any atom is -0.300 e. The molecule has 1 atom stereocenters. The first-order chi connectivity index (χ1) is 7.51. The largest absolute Gasteiger partial charge is 0.300 e. The Balaban J connectivity index is 2.54. The van der Waals surface area contributed by atoms with Crippen LogP contribution >= 0.6 is 0 Å². The summed E-state index contributed by atoms with van der Waals surface area (Å²) in [5.74, 6) is 0.445. The molecule has 1 rings (SSSR count). The van der Waals surface area contributed by atoms with E-state index in [1.54, 1.807) is 0 Å². The van der Waals surface area contributed by atoms with Crippen LogP contribution in [0.4, 0.5) is 0 Å². The van der Waals surface area contributed by atoms with E-state index in [-0.39, 0.29) is 5.41 Å². The second-order valence-corrected chi connectivity index (χ2v) is 5.64. The predicted octanol–water partition coefficient (Wildman–Crippen LogP) is 3.26. The van der Waals surface area contributed by atoms with E-state index in [0.717, 1.165) is 19.4 Å². The highest BCUT2D eigenvalue weighted by Crippen LogP contribution is 2.27. The smallest absolute Gasteiger partial charge is 0.140 e. The molecule has 94 valence electrons. The zero-order valence-corrected chi connectivity index (χ0v) is 11.4. The van der Waals surface area contributed by atoms with Gasteiger partial charge in [0.15, 0.2) is 0 Å². The second kappa shape index (κ2) is 5.81. The Morgan fingerprint density at radius 3 is 2.56 bits per heavy atom. The monoisotopic (exact) mass is 225 g/mol. The summed E-state index contributed by atoms with van der Waals surface area (Å²) in [5, 5.41) is 0. The molecule has 0 radical (unpaired) electrons. The van der Waals surface area contributed by atoms with E-state index in [1.165, 1.54) is 25.8 Å². The number of nitrogens with zero attached hydrogens (tertiary/aromatic N) is 1. The minimum atomic E-state index is -0.128. The molecule has 1 saturated heterocycles. The highest BCUT2D eigenvalue weighted by molar-refractivity contribution is 5.84. The van der Waals surface area contributed by atoms with Crippen LogP contribution in [0.15, 0.2) is 0 Å². The minimum absolute atomic E-state index is 0.128. The molecule has 0 saturated carbocycles. The van der Waals surface area contributed by atoms with Crippen LogP contribution in [0.3, 0.4) is 0 Å². The average Bonchev–Trinajstić information content (AvgIpc) is 2.29. The SMILES string of the molecule is CCN1CCCCC1CC(=O)C(C)(C)CC. The Bertz CT molecular complexity index is 235. The first kappa shape index (κ1) is 13.7. The fourth-order valence-corrected chi connectivity index (χ4v) is 2.39. The number of hydrogen-bond donors (Lipinski definition) is 0. The highest BCUT2D eigenvalue weighted by Gasteiger charge is 2.30. The van der Waals surface area contributed by atoms with Gasteiger partial charge >= 0.3 is 0 Å². The van der Waals surface area contributed by atoms with Gasteiger partial charge in [-0.1, -0.05) is 34.1 Å². The van der Waals surface area contributed by atoms with Crippen molar-refractivity contribution in [2.75, 3.05) is 13.1 Å². The normalized spacial score (nSPS) is 23.4. The zero-order valence-electron chi connectivity index (χ0n) is 11.4. The molecule has 0 aromatic rings. The van der Waals surface area contributed by atoms with E-state index in [2.05, 4.69) is 32.6 Å². The molecule has 0 bridgehead atoms. The van der Waals surface area contributed by atoms with E-state index >= 15 is 0 Å². The molecule has 1 fully saturated rings. The summed E-state index contributed by atoms with van der Waals surface area (Å²) < 4.78 is 0. The summed E-state index contributed by atoms with van der Waals surface area (Å²) >= 11 is 0. The molecule has 0 aromatic heterocycles. The lowest BCUT2D eigenvalue weighted by Gasteiger charge is -2.36. The van der Waals surface area contributed by atoms with Gasteiger partial charge in [0.05, 0.1) is 0 Å². The summed E-state index contributed by atoms with van der Waals surface area (Å²) in [5.41, 5.74) is -0.128. The Morgan fingerprint density at radius 1 is 1.31 bits per heavy atom. The zero-order chi connectivity index (χ0) is 12.2. The van der Waals surface area contributed by atoms with Crippen molar-refractivity contribution in [3.63, 3.8) is 0 Å². The molecule has 1 aliphatic heterocycles. The third kappa shape index (κ3) is 3.31. The maximum atomic E-state index is 12.2. The summed E-state index contributed by atoms with van der Waals surface area (Å²) in [7, 11) is 0. The molecule has 1 unspecified atom stereocenters. The van der Waals surface area contributed by atoms with Gasteiger partial charge in [0.2, 0.25) is 0 Å². The van der Waals surface area contributed by atoms with Gasteiger partial charge in [-0.2, -0.15) is 0 Å². The number of ketones is 1. The predicted molar refractivity (Wildman–Crippen MR) is 68.6 cm³/mol. The molecule has 1 heterocycles. The first-order valence-electron chi connectivity index (χ1n) is 6.78. The Kier molecular flexibility index (Phi) is 4.97. The van der Waals surface area contributed by atoms with Gasteiger partial charge in [-0.15, -0.1) is 0 Å². The summed E-state index contributed by atoms with van der Waals surface area (Å²) in [6, 6.07) is 0.511. The van der Waals surface area contributed by atoms with Crippen molar-refractivity contribution in [2.24, 2.45) is 5.41 Å². The van der Waals surface area contributed by atoms with Crippen LogP contribution in [0, 0.1) is 5.41 Å². The van der Waals surface area contributed by atoms with Gasteiger partial charge < -0.3 is 4.90 Å². The number of piperidine rings is 1. The molecule has 0 aromatic carbocycles. The number of carbonyl (C=O) groups excluding carboxylic acids is 1. The number of hydrogen-bond acceptors (Lipinski definition) is 2. The molecule has 0 N–H and O–H groups in total.